The summed E-state index contributed by atoms with van der Waals surface area (Å²) in [4.78, 5) is 11.1. The smallest absolute Gasteiger partial charge is 0.236 e. The van der Waals surface area contributed by atoms with Crippen molar-refractivity contribution in [2.75, 3.05) is 0 Å². The lowest BCUT2D eigenvalue weighted by molar-refractivity contribution is -0.122. The van der Waals surface area contributed by atoms with Crippen molar-refractivity contribution in [3.63, 3.8) is 0 Å². The van der Waals surface area contributed by atoms with Crippen molar-refractivity contribution in [1.29, 1.82) is 0 Å². The molecule has 0 aliphatic carbocycles. The Hall–Kier alpha value is -1.36. The molecule has 0 aliphatic rings. The quantitative estimate of drug-likeness (QED) is 0.599. The van der Waals surface area contributed by atoms with Crippen LogP contribution in [0.3, 0.4) is 0 Å². The zero-order valence-electron chi connectivity index (χ0n) is 7.79. The standard InChI is InChI=1S/C8H14N4O/c1-5(9)8(13)10-3-7-4-11-12-6(7)2/h4-5H,3,9H2,1-2H3,(H,10,13)(H,11,12)/t5-/m0/s1. The molecule has 0 bridgehead atoms. The lowest BCUT2D eigenvalue weighted by atomic mass is 10.2. The fraction of sp³-hybridized carbons (Fsp3) is 0.500. The molecule has 0 spiro atoms. The maximum absolute atomic E-state index is 11.1. The predicted octanol–water partition coefficient (Wildman–Crippen LogP) is -0.318. The van der Waals surface area contributed by atoms with Gasteiger partial charge in [0.1, 0.15) is 0 Å². The fourth-order valence-electron chi connectivity index (χ4n) is 0.897. The van der Waals surface area contributed by atoms with Gasteiger partial charge in [-0.15, -0.1) is 0 Å². The van der Waals surface area contributed by atoms with E-state index in [0.717, 1.165) is 11.3 Å². The minimum absolute atomic E-state index is 0.152. The first-order valence-electron chi connectivity index (χ1n) is 4.13. The molecule has 13 heavy (non-hydrogen) atoms. The van der Waals surface area contributed by atoms with E-state index in [4.69, 9.17) is 5.73 Å². The number of hydrogen-bond acceptors (Lipinski definition) is 3. The lowest BCUT2D eigenvalue weighted by Gasteiger charge is -2.06. The number of hydrogen-bond donors (Lipinski definition) is 3. The van der Waals surface area contributed by atoms with Crippen LogP contribution >= 0.6 is 0 Å². The molecular formula is C8H14N4O. The van der Waals surface area contributed by atoms with Crippen molar-refractivity contribution in [3.8, 4) is 0 Å². The average molecular weight is 182 g/mol. The Balaban J connectivity index is 2.44. The molecule has 0 aromatic carbocycles. The van der Waals surface area contributed by atoms with Gasteiger partial charge in [0, 0.05) is 17.8 Å². The van der Waals surface area contributed by atoms with E-state index < -0.39 is 6.04 Å². The first-order chi connectivity index (χ1) is 6.11. The summed E-state index contributed by atoms with van der Waals surface area (Å²) >= 11 is 0. The highest BCUT2D eigenvalue weighted by molar-refractivity contribution is 5.80. The molecule has 5 nitrogen and oxygen atoms in total. The molecule has 4 N–H and O–H groups in total. The Morgan fingerprint density at radius 1 is 1.85 bits per heavy atom. The van der Waals surface area contributed by atoms with Crippen molar-refractivity contribution in [2.24, 2.45) is 5.73 Å². The number of nitrogens with zero attached hydrogens (tertiary/aromatic N) is 1. The van der Waals surface area contributed by atoms with Crippen molar-refractivity contribution in [1.82, 2.24) is 15.5 Å². The third-order valence-corrected chi connectivity index (χ3v) is 1.80. The molecule has 0 saturated carbocycles. The van der Waals surface area contributed by atoms with Gasteiger partial charge in [0.2, 0.25) is 5.91 Å². The molecule has 0 aliphatic heterocycles. The number of nitrogens with two attached hydrogens (primary N) is 1. The SMILES string of the molecule is Cc1[nH]ncc1CNC(=O)[C@H](C)N. The molecule has 0 fully saturated rings. The van der Waals surface area contributed by atoms with Crippen LogP contribution in [0.15, 0.2) is 6.20 Å². The maximum Gasteiger partial charge on any atom is 0.236 e. The Bertz CT molecular complexity index is 292. The van der Waals surface area contributed by atoms with Crippen LogP contribution in [-0.2, 0) is 11.3 Å². The van der Waals surface area contributed by atoms with E-state index in [9.17, 15) is 4.79 Å². The zero-order valence-corrected chi connectivity index (χ0v) is 7.79. The van der Waals surface area contributed by atoms with Crippen LogP contribution in [0.5, 0.6) is 0 Å². The first-order valence-corrected chi connectivity index (χ1v) is 4.13. The predicted molar refractivity (Wildman–Crippen MR) is 48.8 cm³/mol. The molecule has 0 unspecified atom stereocenters. The second kappa shape index (κ2) is 4.04. The van der Waals surface area contributed by atoms with Gasteiger partial charge in [0.25, 0.3) is 0 Å². The number of aryl methyl sites for hydroxylation is 1. The first kappa shape index (κ1) is 9.73. The Kier molecular flexibility index (Phi) is 3.02. The van der Waals surface area contributed by atoms with Crippen LogP contribution in [0.2, 0.25) is 0 Å². The second-order valence-corrected chi connectivity index (χ2v) is 3.03. The van der Waals surface area contributed by atoms with Crippen LogP contribution < -0.4 is 11.1 Å². The summed E-state index contributed by atoms with van der Waals surface area (Å²) in [6.45, 7) is 4.03. The minimum Gasteiger partial charge on any atom is -0.351 e. The summed E-state index contributed by atoms with van der Waals surface area (Å²) in [5.74, 6) is -0.152. The van der Waals surface area contributed by atoms with Gasteiger partial charge in [-0.3, -0.25) is 9.89 Å². The Labute approximate surface area is 76.7 Å². The van der Waals surface area contributed by atoms with Gasteiger partial charge < -0.3 is 11.1 Å². The molecule has 1 rings (SSSR count). The van der Waals surface area contributed by atoms with Gasteiger partial charge in [0.05, 0.1) is 12.2 Å². The van der Waals surface area contributed by atoms with Crippen LogP contribution in [0.1, 0.15) is 18.2 Å². The molecule has 1 atom stereocenters. The summed E-state index contributed by atoms with van der Waals surface area (Å²) in [6, 6.07) is -0.466. The summed E-state index contributed by atoms with van der Waals surface area (Å²) < 4.78 is 0. The molecule has 72 valence electrons. The highest BCUT2D eigenvalue weighted by atomic mass is 16.2. The number of carbonyl (C=O) groups excluding carboxylic acids is 1. The monoisotopic (exact) mass is 182 g/mol. The summed E-state index contributed by atoms with van der Waals surface area (Å²) in [5.41, 5.74) is 7.32. The molecular weight excluding hydrogens is 168 g/mol. The van der Waals surface area contributed by atoms with Gasteiger partial charge in [-0.05, 0) is 13.8 Å². The van der Waals surface area contributed by atoms with E-state index in [1.54, 1.807) is 13.1 Å². The molecule has 5 heteroatoms. The Morgan fingerprint density at radius 2 is 2.54 bits per heavy atom. The molecule has 1 amide bonds. The number of carbonyl (C=O) groups is 1. The van der Waals surface area contributed by atoms with Gasteiger partial charge in [-0.2, -0.15) is 5.10 Å². The van der Waals surface area contributed by atoms with Gasteiger partial charge in [-0.25, -0.2) is 0 Å². The van der Waals surface area contributed by atoms with E-state index in [0.29, 0.717) is 6.54 Å². The van der Waals surface area contributed by atoms with E-state index >= 15 is 0 Å². The number of H-pyrrole nitrogens is 1. The zero-order chi connectivity index (χ0) is 9.84. The largest absolute Gasteiger partial charge is 0.351 e. The molecule has 0 radical (unpaired) electrons. The third kappa shape index (κ3) is 2.55. The van der Waals surface area contributed by atoms with Gasteiger partial charge in [0.15, 0.2) is 0 Å². The Morgan fingerprint density at radius 3 is 3.00 bits per heavy atom. The molecule has 1 heterocycles. The van der Waals surface area contributed by atoms with E-state index in [2.05, 4.69) is 15.5 Å². The number of aromatic nitrogens is 2. The van der Waals surface area contributed by atoms with E-state index in [1.807, 2.05) is 6.92 Å². The number of aromatic amines is 1. The highest BCUT2D eigenvalue weighted by Crippen LogP contribution is 2.00. The van der Waals surface area contributed by atoms with Crippen LogP contribution in [-0.4, -0.2) is 22.1 Å². The molecule has 1 aromatic rings. The number of amides is 1. The third-order valence-electron chi connectivity index (χ3n) is 1.80. The van der Waals surface area contributed by atoms with Crippen LogP contribution in [0, 0.1) is 6.92 Å². The maximum atomic E-state index is 11.1. The lowest BCUT2D eigenvalue weighted by Crippen LogP contribution is -2.37. The molecule has 0 saturated heterocycles. The van der Waals surface area contributed by atoms with Crippen LogP contribution in [0.4, 0.5) is 0 Å². The highest BCUT2D eigenvalue weighted by Gasteiger charge is 2.07. The number of rotatable bonds is 3. The van der Waals surface area contributed by atoms with Crippen molar-refractivity contribution >= 4 is 5.91 Å². The van der Waals surface area contributed by atoms with Crippen molar-refractivity contribution in [2.45, 2.75) is 26.4 Å². The van der Waals surface area contributed by atoms with Crippen LogP contribution in [0.25, 0.3) is 0 Å². The van der Waals surface area contributed by atoms with Gasteiger partial charge in [-0.1, -0.05) is 0 Å². The van der Waals surface area contributed by atoms with E-state index in [1.165, 1.54) is 0 Å². The van der Waals surface area contributed by atoms with Crippen molar-refractivity contribution in [3.05, 3.63) is 17.5 Å². The summed E-state index contributed by atoms with van der Waals surface area (Å²) in [5, 5.41) is 9.33. The topological polar surface area (TPSA) is 83.8 Å². The normalized spacial score (nSPS) is 12.5. The number of nitrogens with one attached hydrogen (secondary N) is 2. The molecule has 1 aromatic heterocycles. The van der Waals surface area contributed by atoms with E-state index in [-0.39, 0.29) is 5.91 Å². The second-order valence-electron chi connectivity index (χ2n) is 3.03. The minimum atomic E-state index is -0.466. The van der Waals surface area contributed by atoms with Crippen molar-refractivity contribution < 1.29 is 4.79 Å². The summed E-state index contributed by atoms with van der Waals surface area (Å²) in [6.07, 6.45) is 1.69. The van der Waals surface area contributed by atoms with Gasteiger partial charge >= 0.3 is 0 Å². The average Bonchev–Trinajstić information content (AvgIpc) is 2.47. The summed E-state index contributed by atoms with van der Waals surface area (Å²) in [7, 11) is 0. The fourth-order valence-corrected chi connectivity index (χ4v) is 0.897.